The van der Waals surface area contributed by atoms with Crippen molar-refractivity contribution in [3.05, 3.63) is 30.4 Å². The summed E-state index contributed by atoms with van der Waals surface area (Å²) >= 11 is 0. The third-order valence-electron chi connectivity index (χ3n) is 4.13. The lowest BCUT2D eigenvalue weighted by Gasteiger charge is -2.28. The molecule has 1 fully saturated rings. The lowest BCUT2D eigenvalue weighted by Crippen LogP contribution is -2.34. The fraction of sp³-hybridized carbons (Fsp3) is 0.500. The third-order valence-corrected chi connectivity index (χ3v) is 4.13. The van der Waals surface area contributed by atoms with Gasteiger partial charge in [-0.2, -0.15) is 0 Å². The molecule has 1 saturated heterocycles. The van der Waals surface area contributed by atoms with E-state index < -0.39 is 0 Å². The summed E-state index contributed by atoms with van der Waals surface area (Å²) in [5.41, 5.74) is 3.16. The van der Waals surface area contributed by atoms with Gasteiger partial charge in [-0.15, -0.1) is 0 Å². The van der Waals surface area contributed by atoms with Gasteiger partial charge >= 0.3 is 0 Å². The topological polar surface area (TPSA) is 56.8 Å². The van der Waals surface area contributed by atoms with E-state index in [-0.39, 0.29) is 0 Å². The van der Waals surface area contributed by atoms with Gasteiger partial charge in [-0.1, -0.05) is 0 Å². The molecule has 2 aromatic heterocycles. The van der Waals surface area contributed by atoms with Crippen molar-refractivity contribution in [2.24, 2.45) is 5.92 Å². The molecule has 2 N–H and O–H groups in total. The molecule has 3 rings (SSSR count). The maximum atomic E-state index is 4.75. The van der Waals surface area contributed by atoms with Crippen LogP contribution in [0.3, 0.4) is 0 Å². The van der Waals surface area contributed by atoms with Gasteiger partial charge in [-0.05, 0) is 44.8 Å². The molecular weight excluding hydrogens is 262 g/mol. The minimum atomic E-state index is 0.746. The van der Waals surface area contributed by atoms with Crippen LogP contribution in [-0.4, -0.2) is 41.6 Å². The van der Waals surface area contributed by atoms with Crippen molar-refractivity contribution >= 4 is 5.82 Å². The number of aromatic amines is 1. The van der Waals surface area contributed by atoms with Crippen LogP contribution in [0.25, 0.3) is 11.3 Å². The van der Waals surface area contributed by atoms with E-state index in [1.807, 2.05) is 25.5 Å². The average molecular weight is 285 g/mol. The Kier molecular flexibility index (Phi) is 4.20. The van der Waals surface area contributed by atoms with Crippen LogP contribution in [-0.2, 0) is 0 Å². The van der Waals surface area contributed by atoms with Crippen molar-refractivity contribution in [2.45, 2.75) is 19.8 Å². The molecule has 0 aliphatic carbocycles. The maximum absolute atomic E-state index is 4.75. The standard InChI is InChI=1S/C16H23N5/c1-12-7-14(8-19-12)15-9-18-10-16(20-15)21(2)11-13-3-5-17-6-4-13/h7-10,13,17,19H,3-6,11H2,1-2H3. The Morgan fingerprint density at radius 1 is 1.29 bits per heavy atom. The summed E-state index contributed by atoms with van der Waals surface area (Å²) in [6.45, 7) is 5.36. The van der Waals surface area contributed by atoms with Gasteiger partial charge < -0.3 is 15.2 Å². The van der Waals surface area contributed by atoms with Crippen molar-refractivity contribution in [3.8, 4) is 11.3 Å². The second kappa shape index (κ2) is 6.26. The summed E-state index contributed by atoms with van der Waals surface area (Å²) in [4.78, 5) is 14.5. The Morgan fingerprint density at radius 3 is 2.81 bits per heavy atom. The number of anilines is 1. The van der Waals surface area contributed by atoms with Gasteiger partial charge in [0, 0.05) is 31.0 Å². The van der Waals surface area contributed by atoms with Crippen LogP contribution in [0, 0.1) is 12.8 Å². The minimum Gasteiger partial charge on any atom is -0.365 e. The van der Waals surface area contributed by atoms with E-state index >= 15 is 0 Å². The monoisotopic (exact) mass is 285 g/mol. The summed E-state index contributed by atoms with van der Waals surface area (Å²) in [6.07, 6.45) is 8.15. The normalized spacial score (nSPS) is 16.1. The number of rotatable bonds is 4. The number of hydrogen-bond acceptors (Lipinski definition) is 4. The highest BCUT2D eigenvalue weighted by molar-refractivity contribution is 5.60. The number of hydrogen-bond donors (Lipinski definition) is 2. The van der Waals surface area contributed by atoms with Gasteiger partial charge in [-0.3, -0.25) is 4.98 Å². The molecular formula is C16H23N5. The van der Waals surface area contributed by atoms with Gasteiger partial charge in [-0.25, -0.2) is 4.98 Å². The summed E-state index contributed by atoms with van der Waals surface area (Å²) in [7, 11) is 2.11. The zero-order valence-corrected chi connectivity index (χ0v) is 12.8. The van der Waals surface area contributed by atoms with Crippen LogP contribution in [0.2, 0.25) is 0 Å². The average Bonchev–Trinajstić information content (AvgIpc) is 2.95. The molecule has 5 nitrogen and oxygen atoms in total. The van der Waals surface area contributed by atoms with Crippen LogP contribution in [0.15, 0.2) is 24.7 Å². The van der Waals surface area contributed by atoms with Crippen molar-refractivity contribution in [1.29, 1.82) is 0 Å². The van der Waals surface area contributed by atoms with Gasteiger partial charge in [0.2, 0.25) is 0 Å². The largest absolute Gasteiger partial charge is 0.365 e. The maximum Gasteiger partial charge on any atom is 0.147 e. The molecule has 0 amide bonds. The number of H-pyrrole nitrogens is 1. The second-order valence-electron chi connectivity index (χ2n) is 5.91. The molecule has 1 aliphatic heterocycles. The number of piperidine rings is 1. The zero-order valence-electron chi connectivity index (χ0n) is 12.8. The van der Waals surface area contributed by atoms with Gasteiger partial charge in [0.15, 0.2) is 0 Å². The van der Waals surface area contributed by atoms with Gasteiger partial charge in [0.25, 0.3) is 0 Å². The van der Waals surface area contributed by atoms with Crippen LogP contribution < -0.4 is 10.2 Å². The first-order valence-corrected chi connectivity index (χ1v) is 7.61. The van der Waals surface area contributed by atoms with Crippen molar-refractivity contribution in [2.75, 3.05) is 31.6 Å². The minimum absolute atomic E-state index is 0.746. The van der Waals surface area contributed by atoms with Crippen LogP contribution in [0.4, 0.5) is 5.82 Å². The predicted octanol–water partition coefficient (Wildman–Crippen LogP) is 2.22. The lowest BCUT2D eigenvalue weighted by atomic mass is 9.98. The molecule has 0 aromatic carbocycles. The summed E-state index contributed by atoms with van der Waals surface area (Å²) < 4.78 is 0. The van der Waals surface area contributed by atoms with Crippen molar-refractivity contribution in [1.82, 2.24) is 20.3 Å². The number of nitrogens with one attached hydrogen (secondary N) is 2. The van der Waals surface area contributed by atoms with E-state index in [9.17, 15) is 0 Å². The molecule has 21 heavy (non-hydrogen) atoms. The van der Waals surface area contributed by atoms with Gasteiger partial charge in [0.05, 0.1) is 18.1 Å². The van der Waals surface area contributed by atoms with Crippen LogP contribution >= 0.6 is 0 Å². The van der Waals surface area contributed by atoms with E-state index in [1.165, 1.54) is 12.8 Å². The first-order valence-electron chi connectivity index (χ1n) is 7.61. The number of aromatic nitrogens is 3. The quantitative estimate of drug-likeness (QED) is 0.904. The zero-order chi connectivity index (χ0) is 14.7. The van der Waals surface area contributed by atoms with E-state index in [1.54, 1.807) is 0 Å². The molecule has 0 unspecified atom stereocenters. The van der Waals surface area contributed by atoms with E-state index in [0.717, 1.165) is 48.3 Å². The van der Waals surface area contributed by atoms with E-state index in [4.69, 9.17) is 4.98 Å². The summed E-state index contributed by atoms with van der Waals surface area (Å²) in [6, 6.07) is 2.10. The highest BCUT2D eigenvalue weighted by Crippen LogP contribution is 2.21. The Bertz CT molecular complexity index is 586. The summed E-state index contributed by atoms with van der Waals surface area (Å²) in [5, 5.41) is 3.41. The molecule has 112 valence electrons. The Hall–Kier alpha value is -1.88. The molecule has 1 aliphatic rings. The smallest absolute Gasteiger partial charge is 0.147 e. The van der Waals surface area contributed by atoms with Crippen molar-refractivity contribution < 1.29 is 0 Å². The van der Waals surface area contributed by atoms with Crippen molar-refractivity contribution in [3.63, 3.8) is 0 Å². The second-order valence-corrected chi connectivity index (χ2v) is 5.91. The molecule has 5 heteroatoms. The molecule has 2 aromatic rings. The first-order chi connectivity index (χ1) is 10.2. The Labute approximate surface area is 125 Å². The Morgan fingerprint density at radius 2 is 2.10 bits per heavy atom. The van der Waals surface area contributed by atoms with E-state index in [0.29, 0.717) is 0 Å². The van der Waals surface area contributed by atoms with Crippen LogP contribution in [0.1, 0.15) is 18.5 Å². The molecule has 0 radical (unpaired) electrons. The first kappa shape index (κ1) is 14.1. The highest BCUT2D eigenvalue weighted by Gasteiger charge is 2.16. The molecule has 0 atom stereocenters. The number of aryl methyl sites for hydroxylation is 1. The fourth-order valence-corrected chi connectivity index (χ4v) is 2.88. The Balaban J connectivity index is 1.72. The molecule has 0 bridgehead atoms. The predicted molar refractivity (Wildman–Crippen MR) is 85.4 cm³/mol. The fourth-order valence-electron chi connectivity index (χ4n) is 2.88. The summed E-state index contributed by atoms with van der Waals surface area (Å²) in [5.74, 6) is 1.70. The van der Waals surface area contributed by atoms with Crippen LogP contribution in [0.5, 0.6) is 0 Å². The third kappa shape index (κ3) is 3.42. The van der Waals surface area contributed by atoms with E-state index in [2.05, 4.69) is 33.3 Å². The lowest BCUT2D eigenvalue weighted by molar-refractivity contribution is 0.377. The molecule has 3 heterocycles. The molecule has 0 saturated carbocycles. The molecule has 0 spiro atoms. The number of nitrogens with zero attached hydrogens (tertiary/aromatic N) is 3. The highest BCUT2D eigenvalue weighted by atomic mass is 15.2. The van der Waals surface area contributed by atoms with Gasteiger partial charge in [0.1, 0.15) is 5.82 Å². The SMILES string of the molecule is Cc1cc(-c2cncc(N(C)CC3CCNCC3)n2)c[nH]1.